The average molecular weight is 493 g/mol. The second-order valence-electron chi connectivity index (χ2n) is 7.73. The number of carbonyl (C=O) groups excluding carboxylic acids is 1. The maximum Gasteiger partial charge on any atom is 0.335 e. The highest BCUT2D eigenvalue weighted by atomic mass is 32.2. The fraction of sp³-hybridized carbons (Fsp3) is 0.125. The fourth-order valence-corrected chi connectivity index (χ4v) is 4.52. The zero-order valence-corrected chi connectivity index (χ0v) is 20.2. The van der Waals surface area contributed by atoms with Gasteiger partial charge in [0, 0.05) is 5.69 Å². The molecule has 10 heteroatoms. The molecule has 2 heterocycles. The van der Waals surface area contributed by atoms with Gasteiger partial charge in [0.15, 0.2) is 4.32 Å². The van der Waals surface area contributed by atoms with Crippen molar-refractivity contribution in [3.05, 3.63) is 91.2 Å². The summed E-state index contributed by atoms with van der Waals surface area (Å²) in [6.07, 6.45) is 2.89. The Kier molecular flexibility index (Phi) is 6.36. The lowest BCUT2D eigenvalue weighted by atomic mass is 10.1. The zero-order chi connectivity index (χ0) is 24.6. The number of hydrazone groups is 1. The lowest BCUT2D eigenvalue weighted by molar-refractivity contribution is -0.122. The van der Waals surface area contributed by atoms with E-state index >= 15 is 0 Å². The molecule has 0 spiro atoms. The van der Waals surface area contributed by atoms with Crippen LogP contribution in [0.3, 0.4) is 0 Å². The summed E-state index contributed by atoms with van der Waals surface area (Å²) in [4.78, 5) is 37.3. The quantitative estimate of drug-likeness (QED) is 0.316. The topological polar surface area (TPSA) is 108 Å². The summed E-state index contributed by atoms with van der Waals surface area (Å²) < 4.78 is 1.65. The lowest BCUT2D eigenvalue weighted by Gasteiger charge is -2.05. The van der Waals surface area contributed by atoms with E-state index in [0.717, 1.165) is 27.9 Å². The van der Waals surface area contributed by atoms with E-state index in [1.165, 1.54) is 23.0 Å². The van der Waals surface area contributed by atoms with Crippen LogP contribution in [0.4, 0.5) is 0 Å². The summed E-state index contributed by atoms with van der Waals surface area (Å²) >= 11 is 6.35. The molecule has 2 N–H and O–H groups in total. The van der Waals surface area contributed by atoms with E-state index in [2.05, 4.69) is 10.2 Å². The van der Waals surface area contributed by atoms with Gasteiger partial charge in [-0.2, -0.15) is 10.1 Å². The molecule has 0 bridgehead atoms. The number of hydrogen-bond acceptors (Lipinski definition) is 6. The van der Waals surface area contributed by atoms with E-state index < -0.39 is 11.9 Å². The number of thiocarbonyl (C=S) groups is 1. The fourth-order valence-electron chi connectivity index (χ4n) is 3.35. The SMILES string of the molecule is Cc1ccc(-n2[nH]c(C)c(/C=N/N3C(=O)/C(=C\c4cccc(C(=O)O)c4)SC3=S)c2=O)cc1C. The summed E-state index contributed by atoms with van der Waals surface area (Å²) in [7, 11) is 0. The largest absolute Gasteiger partial charge is 0.478 e. The maximum absolute atomic E-state index is 13.0. The number of carboxylic acid groups (broad SMARTS) is 1. The number of aryl methyl sites for hydroxylation is 3. The van der Waals surface area contributed by atoms with Gasteiger partial charge < -0.3 is 5.11 Å². The number of benzene rings is 2. The Morgan fingerprint density at radius 1 is 1.12 bits per heavy atom. The van der Waals surface area contributed by atoms with E-state index in [1.807, 2.05) is 32.0 Å². The molecular formula is C24H20N4O4S2. The Morgan fingerprint density at radius 3 is 2.59 bits per heavy atom. The van der Waals surface area contributed by atoms with Gasteiger partial charge in [-0.25, -0.2) is 9.48 Å². The first-order valence-corrected chi connectivity index (χ1v) is 11.4. The van der Waals surface area contributed by atoms with Gasteiger partial charge in [0.1, 0.15) is 0 Å². The lowest BCUT2D eigenvalue weighted by Crippen LogP contribution is -2.23. The number of thioether (sulfide) groups is 1. The van der Waals surface area contributed by atoms with Crippen LogP contribution in [0.5, 0.6) is 0 Å². The molecule has 34 heavy (non-hydrogen) atoms. The zero-order valence-electron chi connectivity index (χ0n) is 18.5. The standard InChI is InChI=1S/C24H20N4O4S2/c1-13-7-8-18(9-14(13)2)27-21(29)19(15(3)26-27)12-25-28-22(30)20(34-24(28)33)11-16-5-4-6-17(10-16)23(31)32/h4-12,26H,1-3H3,(H,31,32)/b20-11+,25-12+. The Morgan fingerprint density at radius 2 is 1.88 bits per heavy atom. The number of carboxylic acids is 1. The van der Waals surface area contributed by atoms with Crippen LogP contribution in [0, 0.1) is 20.8 Å². The Labute approximate surface area is 204 Å². The van der Waals surface area contributed by atoms with Gasteiger partial charge in [0.2, 0.25) is 0 Å². The predicted octanol–water partition coefficient (Wildman–Crippen LogP) is 4.02. The number of aromatic carboxylic acids is 1. The predicted molar refractivity (Wildman–Crippen MR) is 137 cm³/mol. The smallest absolute Gasteiger partial charge is 0.335 e. The molecular weight excluding hydrogens is 472 g/mol. The Balaban J connectivity index is 1.60. The molecule has 0 saturated carbocycles. The molecule has 1 aromatic heterocycles. The molecule has 1 aliphatic heterocycles. The van der Waals surface area contributed by atoms with Crippen molar-refractivity contribution in [2.75, 3.05) is 0 Å². The Hall–Kier alpha value is -3.76. The number of carbonyl (C=O) groups is 2. The second kappa shape index (κ2) is 9.24. The average Bonchev–Trinajstić information content (AvgIpc) is 3.23. The summed E-state index contributed by atoms with van der Waals surface area (Å²) in [5.41, 5.74) is 4.17. The molecule has 3 aromatic rings. The molecule has 2 aromatic carbocycles. The van der Waals surface area contributed by atoms with Gasteiger partial charge in [-0.1, -0.05) is 30.0 Å². The highest BCUT2D eigenvalue weighted by Crippen LogP contribution is 2.32. The summed E-state index contributed by atoms with van der Waals surface area (Å²) in [5, 5.41) is 17.4. The molecule has 172 valence electrons. The van der Waals surface area contributed by atoms with Gasteiger partial charge >= 0.3 is 5.97 Å². The molecule has 4 rings (SSSR count). The molecule has 0 unspecified atom stereocenters. The van der Waals surface area contributed by atoms with Crippen molar-refractivity contribution in [3.63, 3.8) is 0 Å². The first-order valence-electron chi connectivity index (χ1n) is 10.2. The maximum atomic E-state index is 13.0. The number of rotatable bonds is 5. The van der Waals surface area contributed by atoms with Crippen molar-refractivity contribution < 1.29 is 14.7 Å². The third kappa shape index (κ3) is 4.50. The minimum atomic E-state index is -1.05. The van der Waals surface area contributed by atoms with Crippen LogP contribution in [0.25, 0.3) is 11.8 Å². The van der Waals surface area contributed by atoms with Gasteiger partial charge in [0.05, 0.1) is 27.9 Å². The van der Waals surface area contributed by atoms with Crippen molar-refractivity contribution in [2.45, 2.75) is 20.8 Å². The number of amides is 1. The van der Waals surface area contributed by atoms with Crippen molar-refractivity contribution >= 4 is 52.5 Å². The number of aromatic nitrogens is 2. The third-order valence-electron chi connectivity index (χ3n) is 5.37. The van der Waals surface area contributed by atoms with Crippen LogP contribution in [0.1, 0.15) is 38.3 Å². The number of H-pyrrole nitrogens is 1. The van der Waals surface area contributed by atoms with Crippen molar-refractivity contribution in [2.24, 2.45) is 5.10 Å². The van der Waals surface area contributed by atoms with E-state index in [-0.39, 0.29) is 15.4 Å². The highest BCUT2D eigenvalue weighted by molar-refractivity contribution is 8.26. The first kappa shape index (κ1) is 23.4. The van der Waals surface area contributed by atoms with Crippen LogP contribution in [-0.4, -0.2) is 42.3 Å². The molecule has 1 amide bonds. The molecule has 1 aliphatic rings. The van der Waals surface area contributed by atoms with Gasteiger partial charge in [-0.3, -0.25) is 14.7 Å². The van der Waals surface area contributed by atoms with E-state index in [4.69, 9.17) is 17.3 Å². The molecule has 1 fully saturated rings. The number of hydrogen-bond donors (Lipinski definition) is 2. The van der Waals surface area contributed by atoms with Crippen molar-refractivity contribution in [3.8, 4) is 5.69 Å². The van der Waals surface area contributed by atoms with E-state index in [0.29, 0.717) is 27.4 Å². The van der Waals surface area contributed by atoms with Crippen LogP contribution in [0.2, 0.25) is 0 Å². The minimum absolute atomic E-state index is 0.116. The van der Waals surface area contributed by atoms with E-state index in [1.54, 1.807) is 25.1 Å². The van der Waals surface area contributed by atoms with Crippen LogP contribution >= 0.6 is 24.0 Å². The summed E-state index contributed by atoms with van der Waals surface area (Å²) in [5.74, 6) is -1.50. The Bertz CT molecular complexity index is 1470. The number of aromatic amines is 1. The van der Waals surface area contributed by atoms with Crippen LogP contribution in [0.15, 0.2) is 57.3 Å². The highest BCUT2D eigenvalue weighted by Gasteiger charge is 2.32. The summed E-state index contributed by atoms with van der Waals surface area (Å²) in [6, 6.07) is 12.0. The van der Waals surface area contributed by atoms with E-state index in [9.17, 15) is 14.4 Å². The molecule has 0 atom stereocenters. The van der Waals surface area contributed by atoms with Crippen molar-refractivity contribution in [1.82, 2.24) is 14.8 Å². The molecule has 0 radical (unpaired) electrons. The molecule has 0 aliphatic carbocycles. The molecule has 8 nitrogen and oxygen atoms in total. The van der Waals surface area contributed by atoms with Crippen molar-refractivity contribution in [1.29, 1.82) is 0 Å². The van der Waals surface area contributed by atoms with Gasteiger partial charge in [0.25, 0.3) is 11.5 Å². The second-order valence-corrected chi connectivity index (χ2v) is 9.40. The normalized spacial score (nSPS) is 15.1. The first-order chi connectivity index (χ1) is 16.2. The minimum Gasteiger partial charge on any atom is -0.478 e. The third-order valence-corrected chi connectivity index (χ3v) is 6.66. The van der Waals surface area contributed by atoms with Gasteiger partial charge in [-0.05, 0) is 80.0 Å². The van der Waals surface area contributed by atoms with Gasteiger partial charge in [-0.15, -0.1) is 0 Å². The monoisotopic (exact) mass is 492 g/mol. The van der Waals surface area contributed by atoms with Crippen LogP contribution < -0.4 is 5.56 Å². The molecule has 1 saturated heterocycles. The summed E-state index contributed by atoms with van der Waals surface area (Å²) in [6.45, 7) is 5.72. The number of nitrogens with one attached hydrogen (secondary N) is 1. The number of nitrogens with zero attached hydrogens (tertiary/aromatic N) is 3. The van der Waals surface area contributed by atoms with Crippen LogP contribution in [-0.2, 0) is 4.79 Å².